The van der Waals surface area contributed by atoms with E-state index in [1.807, 2.05) is 6.08 Å². The highest BCUT2D eigenvalue weighted by atomic mass is 15.2. The van der Waals surface area contributed by atoms with E-state index in [1.54, 1.807) is 0 Å². The summed E-state index contributed by atoms with van der Waals surface area (Å²) >= 11 is 0. The first-order valence-corrected chi connectivity index (χ1v) is 20.7. The fourth-order valence-electron chi connectivity index (χ4n) is 10.1. The fraction of sp³-hybridized carbons (Fsp3) is 0.0741. The Labute approximate surface area is 347 Å². The van der Waals surface area contributed by atoms with Crippen molar-refractivity contribution in [2.45, 2.75) is 26.2 Å². The highest BCUT2D eigenvalue weighted by Crippen LogP contribution is 2.45. The molecule has 12 rings (SSSR count). The Morgan fingerprint density at radius 2 is 1.02 bits per heavy atom. The topological polar surface area (TPSA) is 45.5 Å². The minimum Gasteiger partial charge on any atom is -0.309 e. The van der Waals surface area contributed by atoms with Crippen LogP contribution in [0.25, 0.3) is 101 Å². The van der Waals surface area contributed by atoms with Crippen LogP contribution in [-0.4, -0.2) is 28.2 Å². The zero-order chi connectivity index (χ0) is 40.1. The lowest BCUT2D eigenvalue weighted by molar-refractivity contribution is 0.770. The van der Waals surface area contributed by atoms with Crippen LogP contribution in [0.4, 0.5) is 0 Å². The van der Waals surface area contributed by atoms with Crippen LogP contribution in [0.5, 0.6) is 0 Å². The molecule has 1 atom stereocenters. The number of benzene rings is 6. The van der Waals surface area contributed by atoms with Gasteiger partial charge in [-0.1, -0.05) is 129 Å². The Hall–Kier alpha value is -7.70. The molecule has 1 unspecified atom stereocenters. The summed E-state index contributed by atoms with van der Waals surface area (Å²) in [6.45, 7) is 8.95. The van der Waals surface area contributed by atoms with Gasteiger partial charge in [-0.15, -0.1) is 0 Å². The van der Waals surface area contributed by atoms with Gasteiger partial charge in [-0.2, -0.15) is 9.97 Å². The van der Waals surface area contributed by atoms with E-state index in [1.165, 1.54) is 27.4 Å². The normalized spacial score (nSPS) is 13.9. The second-order valence-electron chi connectivity index (χ2n) is 15.9. The van der Waals surface area contributed by atoms with Crippen molar-refractivity contribution in [3.63, 3.8) is 0 Å². The number of aromatic nitrogens is 6. The molecule has 6 nitrogen and oxygen atoms in total. The van der Waals surface area contributed by atoms with Crippen molar-refractivity contribution in [2.24, 2.45) is 0 Å². The predicted molar refractivity (Wildman–Crippen MR) is 249 cm³/mol. The summed E-state index contributed by atoms with van der Waals surface area (Å²) in [5, 5.41) is 5.93. The molecule has 6 heteroatoms. The minimum absolute atomic E-state index is 0.379. The summed E-state index contributed by atoms with van der Waals surface area (Å²) in [7, 11) is 0. The highest BCUT2D eigenvalue weighted by molar-refractivity contribution is 6.11. The van der Waals surface area contributed by atoms with Gasteiger partial charge in [-0.05, 0) is 79.4 Å². The smallest absolute Gasteiger partial charge is 0.238 e. The van der Waals surface area contributed by atoms with E-state index in [4.69, 9.17) is 9.97 Å². The van der Waals surface area contributed by atoms with Gasteiger partial charge in [0, 0.05) is 55.5 Å². The molecular formula is C54H40N6. The van der Waals surface area contributed by atoms with Crippen molar-refractivity contribution in [3.05, 3.63) is 193 Å². The average Bonchev–Trinajstić information content (AvgIpc) is 4.01. The lowest BCUT2D eigenvalue weighted by Crippen LogP contribution is -2.12. The summed E-state index contributed by atoms with van der Waals surface area (Å²) in [4.78, 5) is 11.2. The molecule has 0 bridgehead atoms. The molecule has 6 aromatic carbocycles. The lowest BCUT2D eigenvalue weighted by Gasteiger charge is -2.18. The molecule has 0 saturated carbocycles. The molecule has 0 spiro atoms. The first-order chi connectivity index (χ1) is 29.6. The largest absolute Gasteiger partial charge is 0.309 e. The number of hydrogen-bond donors (Lipinski definition) is 0. The van der Waals surface area contributed by atoms with E-state index < -0.39 is 0 Å². The molecule has 5 heterocycles. The van der Waals surface area contributed by atoms with Crippen LogP contribution in [0.3, 0.4) is 0 Å². The Balaban J connectivity index is 1.20. The van der Waals surface area contributed by atoms with Crippen LogP contribution in [0.2, 0.25) is 0 Å². The number of allylic oxidation sites excluding steroid dienone is 1. The van der Waals surface area contributed by atoms with E-state index in [0.29, 0.717) is 11.9 Å². The van der Waals surface area contributed by atoms with E-state index in [9.17, 15) is 0 Å². The summed E-state index contributed by atoms with van der Waals surface area (Å²) in [5.41, 5.74) is 13.5. The Kier molecular flexibility index (Phi) is 7.54. The molecule has 5 aromatic heterocycles. The van der Waals surface area contributed by atoms with Gasteiger partial charge in [0.15, 0.2) is 0 Å². The van der Waals surface area contributed by atoms with E-state index in [2.05, 4.69) is 209 Å². The lowest BCUT2D eigenvalue weighted by atomic mass is 9.91. The summed E-state index contributed by atoms with van der Waals surface area (Å²) < 4.78 is 9.25. The first kappa shape index (κ1) is 34.4. The second-order valence-corrected chi connectivity index (χ2v) is 15.9. The average molecular weight is 773 g/mol. The molecular weight excluding hydrogens is 733 g/mol. The van der Waals surface area contributed by atoms with Crippen LogP contribution in [0, 0.1) is 6.92 Å². The molecule has 0 saturated heterocycles. The maximum absolute atomic E-state index is 5.62. The third kappa shape index (κ3) is 4.82. The van der Waals surface area contributed by atoms with Crippen molar-refractivity contribution in [3.8, 4) is 34.4 Å². The van der Waals surface area contributed by atoms with Crippen LogP contribution in [0.1, 0.15) is 41.9 Å². The standard InChI is InChI=1S/C54H40N6/c1-4-42-53(41-26-12-16-30-46(41)58(42)36-20-6-5-7-21-36)52-35(3)57(45-29-15-11-25-40(45)52)54-55-49(59-43-27-13-8-22-37(43)38-23-9-14-28-44(38)59)33-50(56-54)60-47-31-17-10-24-39(47)51-34(2)19-18-32-48(51)60/h4-18,20-34H,1,19H2,2-3H3. The van der Waals surface area contributed by atoms with Gasteiger partial charge < -0.3 is 4.57 Å². The molecule has 0 radical (unpaired) electrons. The van der Waals surface area contributed by atoms with Crippen molar-refractivity contribution in [2.75, 3.05) is 0 Å². The SMILES string of the molecule is C=Cc1c(-c2c(C)n(-c3nc(-n4c5c(c6ccccc64)C(C)CC=C5)cc(-n4c5ccccc5c5ccccc54)n3)c3ccccc23)c2ccccc2n1-c1ccccc1. The number of rotatable bonds is 6. The number of fused-ring (bicyclic) bond motifs is 8. The Morgan fingerprint density at radius 1 is 0.533 bits per heavy atom. The zero-order valence-corrected chi connectivity index (χ0v) is 33.4. The third-order valence-corrected chi connectivity index (χ3v) is 12.6. The van der Waals surface area contributed by atoms with E-state index in [-0.39, 0.29) is 0 Å². The van der Waals surface area contributed by atoms with Gasteiger partial charge in [-0.3, -0.25) is 13.7 Å². The first-order valence-electron chi connectivity index (χ1n) is 20.7. The predicted octanol–water partition coefficient (Wildman–Crippen LogP) is 13.5. The maximum atomic E-state index is 5.62. The molecule has 0 fully saturated rings. The van der Waals surface area contributed by atoms with Crippen molar-refractivity contribution in [1.82, 2.24) is 28.2 Å². The molecule has 1 aliphatic carbocycles. The molecule has 0 aliphatic heterocycles. The van der Waals surface area contributed by atoms with Gasteiger partial charge in [0.25, 0.3) is 0 Å². The molecule has 0 N–H and O–H groups in total. The van der Waals surface area contributed by atoms with Crippen LogP contribution in [0.15, 0.2) is 170 Å². The Bertz CT molecular complexity index is 3520. The second kappa shape index (κ2) is 13.2. The van der Waals surface area contributed by atoms with Crippen molar-refractivity contribution in [1.29, 1.82) is 0 Å². The van der Waals surface area contributed by atoms with E-state index in [0.717, 1.165) is 84.6 Å². The van der Waals surface area contributed by atoms with Crippen molar-refractivity contribution >= 4 is 66.7 Å². The zero-order valence-electron chi connectivity index (χ0n) is 33.4. The molecule has 0 amide bonds. The monoisotopic (exact) mass is 772 g/mol. The molecule has 11 aromatic rings. The number of hydrogen-bond acceptors (Lipinski definition) is 2. The van der Waals surface area contributed by atoms with Gasteiger partial charge in [0.05, 0.1) is 39.0 Å². The molecule has 286 valence electrons. The quantitative estimate of drug-likeness (QED) is 0.169. The van der Waals surface area contributed by atoms with Gasteiger partial charge >= 0.3 is 0 Å². The van der Waals surface area contributed by atoms with Crippen molar-refractivity contribution < 1.29 is 0 Å². The van der Waals surface area contributed by atoms with E-state index >= 15 is 0 Å². The number of para-hydroxylation sites is 6. The minimum atomic E-state index is 0.379. The summed E-state index contributed by atoms with van der Waals surface area (Å²) in [6, 6.07) is 56.1. The summed E-state index contributed by atoms with van der Waals surface area (Å²) in [6.07, 6.45) is 7.59. The Morgan fingerprint density at radius 3 is 1.63 bits per heavy atom. The molecule has 1 aliphatic rings. The van der Waals surface area contributed by atoms with Crippen LogP contribution >= 0.6 is 0 Å². The van der Waals surface area contributed by atoms with Gasteiger partial charge in [0.1, 0.15) is 11.6 Å². The highest BCUT2D eigenvalue weighted by Gasteiger charge is 2.28. The van der Waals surface area contributed by atoms with Crippen LogP contribution < -0.4 is 0 Å². The third-order valence-electron chi connectivity index (χ3n) is 12.6. The molecule has 60 heavy (non-hydrogen) atoms. The maximum Gasteiger partial charge on any atom is 0.238 e. The fourth-order valence-corrected chi connectivity index (χ4v) is 10.1. The van der Waals surface area contributed by atoms with Gasteiger partial charge in [-0.25, -0.2) is 0 Å². The summed E-state index contributed by atoms with van der Waals surface area (Å²) in [5.74, 6) is 2.61. The number of nitrogens with zero attached hydrogens (tertiary/aromatic N) is 6. The van der Waals surface area contributed by atoms with Gasteiger partial charge in [0.2, 0.25) is 5.95 Å². The van der Waals surface area contributed by atoms with Crippen LogP contribution in [-0.2, 0) is 0 Å².